The molecule has 0 spiro atoms. The lowest BCUT2D eigenvalue weighted by atomic mass is 10.1. The number of nitrogens with one attached hydrogen (secondary N) is 2. The topological polar surface area (TPSA) is 24.1 Å². The van der Waals surface area contributed by atoms with Gasteiger partial charge >= 0.3 is 0 Å². The molecule has 2 heteroatoms. The third-order valence-electron chi connectivity index (χ3n) is 2.79. The predicted octanol–water partition coefficient (Wildman–Crippen LogP) is 2.34. The van der Waals surface area contributed by atoms with Crippen LogP contribution in [0.4, 0.5) is 0 Å². The Balaban J connectivity index is 2.12. The molecular formula is C14H24N2. The van der Waals surface area contributed by atoms with E-state index in [4.69, 9.17) is 0 Å². The van der Waals surface area contributed by atoms with Crippen LogP contribution in [-0.4, -0.2) is 20.1 Å². The van der Waals surface area contributed by atoms with Gasteiger partial charge in [0.25, 0.3) is 0 Å². The zero-order chi connectivity index (χ0) is 11.6. The van der Waals surface area contributed by atoms with Crippen LogP contribution in [0, 0.1) is 0 Å². The van der Waals surface area contributed by atoms with E-state index in [1.165, 1.54) is 24.0 Å². The van der Waals surface area contributed by atoms with Crippen LogP contribution in [0.3, 0.4) is 0 Å². The van der Waals surface area contributed by atoms with Gasteiger partial charge in [-0.25, -0.2) is 0 Å². The molecule has 0 fully saturated rings. The molecule has 0 radical (unpaired) electrons. The number of benzene rings is 1. The third-order valence-corrected chi connectivity index (χ3v) is 2.79. The molecular weight excluding hydrogens is 196 g/mol. The molecule has 1 aromatic carbocycles. The summed E-state index contributed by atoms with van der Waals surface area (Å²) < 4.78 is 0. The van der Waals surface area contributed by atoms with Crippen LogP contribution in [0.2, 0.25) is 0 Å². The van der Waals surface area contributed by atoms with Crippen molar-refractivity contribution in [2.75, 3.05) is 20.1 Å². The van der Waals surface area contributed by atoms with Crippen LogP contribution in [0.1, 0.15) is 30.9 Å². The second-order valence-electron chi connectivity index (χ2n) is 4.16. The Morgan fingerprint density at radius 1 is 0.938 bits per heavy atom. The Kier molecular flexibility index (Phi) is 6.86. The molecule has 0 atom stereocenters. The number of hydrogen-bond donors (Lipinski definition) is 2. The summed E-state index contributed by atoms with van der Waals surface area (Å²) in [6, 6.07) is 8.88. The van der Waals surface area contributed by atoms with Crippen LogP contribution in [0.25, 0.3) is 0 Å². The van der Waals surface area contributed by atoms with Crippen LogP contribution in [0.15, 0.2) is 24.3 Å². The maximum absolute atomic E-state index is 3.47. The van der Waals surface area contributed by atoms with E-state index in [1.54, 1.807) is 0 Å². The minimum Gasteiger partial charge on any atom is -0.320 e. The van der Waals surface area contributed by atoms with Crippen molar-refractivity contribution in [2.24, 2.45) is 0 Å². The normalized spacial score (nSPS) is 10.6. The zero-order valence-electron chi connectivity index (χ0n) is 10.6. The van der Waals surface area contributed by atoms with Gasteiger partial charge in [-0.3, -0.25) is 0 Å². The summed E-state index contributed by atoms with van der Waals surface area (Å²) in [7, 11) is 2.00. The summed E-state index contributed by atoms with van der Waals surface area (Å²) in [4.78, 5) is 0. The first kappa shape index (κ1) is 13.2. The average Bonchev–Trinajstić information content (AvgIpc) is 2.34. The summed E-state index contributed by atoms with van der Waals surface area (Å²) in [5, 5.41) is 6.63. The first-order valence-electron chi connectivity index (χ1n) is 6.30. The zero-order valence-corrected chi connectivity index (χ0v) is 10.6. The van der Waals surface area contributed by atoms with Crippen molar-refractivity contribution in [3.05, 3.63) is 35.4 Å². The van der Waals surface area contributed by atoms with Gasteiger partial charge in [0.1, 0.15) is 0 Å². The van der Waals surface area contributed by atoms with Crippen molar-refractivity contribution in [1.82, 2.24) is 10.6 Å². The highest BCUT2D eigenvalue weighted by atomic mass is 14.8. The standard InChI is InChI=1S/C14H24N2/c1-3-13-6-8-14(9-7-13)12-16-11-5-4-10-15-2/h6-9,15-16H,3-5,10-12H2,1-2H3. The van der Waals surface area contributed by atoms with Gasteiger partial charge < -0.3 is 10.6 Å². The Hall–Kier alpha value is -0.860. The van der Waals surface area contributed by atoms with Gasteiger partial charge in [0.15, 0.2) is 0 Å². The van der Waals surface area contributed by atoms with Gasteiger partial charge in [-0.05, 0) is 50.5 Å². The van der Waals surface area contributed by atoms with Crippen LogP contribution >= 0.6 is 0 Å². The number of hydrogen-bond acceptors (Lipinski definition) is 2. The first-order chi connectivity index (χ1) is 7.86. The highest BCUT2D eigenvalue weighted by molar-refractivity contribution is 5.22. The minimum atomic E-state index is 0.990. The van der Waals surface area contributed by atoms with Gasteiger partial charge in [-0.15, -0.1) is 0 Å². The van der Waals surface area contributed by atoms with Crippen molar-refractivity contribution in [3.63, 3.8) is 0 Å². The minimum absolute atomic E-state index is 0.990. The number of rotatable bonds is 8. The molecule has 0 aliphatic carbocycles. The fourth-order valence-corrected chi connectivity index (χ4v) is 1.68. The second kappa shape index (κ2) is 8.31. The molecule has 0 aromatic heterocycles. The van der Waals surface area contributed by atoms with E-state index < -0.39 is 0 Å². The van der Waals surface area contributed by atoms with Crippen molar-refractivity contribution in [1.29, 1.82) is 0 Å². The highest BCUT2D eigenvalue weighted by Crippen LogP contribution is 2.04. The fraction of sp³-hybridized carbons (Fsp3) is 0.571. The molecule has 90 valence electrons. The Morgan fingerprint density at radius 3 is 2.19 bits per heavy atom. The van der Waals surface area contributed by atoms with Gasteiger partial charge in [0, 0.05) is 6.54 Å². The van der Waals surface area contributed by atoms with E-state index in [-0.39, 0.29) is 0 Å². The monoisotopic (exact) mass is 220 g/mol. The summed E-state index contributed by atoms with van der Waals surface area (Å²) in [6.07, 6.45) is 3.61. The van der Waals surface area contributed by atoms with Crippen LogP contribution in [0.5, 0.6) is 0 Å². The molecule has 0 saturated carbocycles. The van der Waals surface area contributed by atoms with Crippen molar-refractivity contribution < 1.29 is 0 Å². The molecule has 1 rings (SSSR count). The Morgan fingerprint density at radius 2 is 1.56 bits per heavy atom. The molecule has 16 heavy (non-hydrogen) atoms. The number of unbranched alkanes of at least 4 members (excludes halogenated alkanes) is 1. The molecule has 0 amide bonds. The number of aryl methyl sites for hydroxylation is 1. The van der Waals surface area contributed by atoms with Crippen molar-refractivity contribution >= 4 is 0 Å². The summed E-state index contributed by atoms with van der Waals surface area (Å²) in [5.41, 5.74) is 2.79. The Bertz CT molecular complexity index is 267. The van der Waals surface area contributed by atoms with Crippen molar-refractivity contribution in [2.45, 2.75) is 32.7 Å². The van der Waals surface area contributed by atoms with Gasteiger partial charge in [0.05, 0.1) is 0 Å². The van der Waals surface area contributed by atoms with Crippen molar-refractivity contribution in [3.8, 4) is 0 Å². The predicted molar refractivity (Wildman–Crippen MR) is 70.7 cm³/mol. The highest BCUT2D eigenvalue weighted by Gasteiger charge is 1.93. The average molecular weight is 220 g/mol. The van der Waals surface area contributed by atoms with Gasteiger partial charge in [-0.2, -0.15) is 0 Å². The third kappa shape index (κ3) is 5.29. The van der Waals surface area contributed by atoms with E-state index in [1.807, 2.05) is 7.05 Å². The van der Waals surface area contributed by atoms with E-state index in [0.717, 1.165) is 26.1 Å². The largest absolute Gasteiger partial charge is 0.320 e. The lowest BCUT2D eigenvalue weighted by Gasteiger charge is -2.05. The second-order valence-corrected chi connectivity index (χ2v) is 4.16. The molecule has 0 aliphatic heterocycles. The first-order valence-corrected chi connectivity index (χ1v) is 6.30. The molecule has 0 unspecified atom stereocenters. The molecule has 0 heterocycles. The molecule has 2 N–H and O–H groups in total. The van der Waals surface area contributed by atoms with E-state index >= 15 is 0 Å². The SMILES string of the molecule is CCc1ccc(CNCCCCNC)cc1. The summed E-state index contributed by atoms with van der Waals surface area (Å²) >= 11 is 0. The lowest BCUT2D eigenvalue weighted by molar-refractivity contribution is 0.605. The van der Waals surface area contributed by atoms with Crippen LogP contribution < -0.4 is 10.6 Å². The summed E-state index contributed by atoms with van der Waals surface area (Å²) in [6.45, 7) is 5.41. The van der Waals surface area contributed by atoms with Gasteiger partial charge in [0.2, 0.25) is 0 Å². The van der Waals surface area contributed by atoms with E-state index in [2.05, 4.69) is 41.8 Å². The lowest BCUT2D eigenvalue weighted by Crippen LogP contribution is -2.16. The van der Waals surface area contributed by atoms with E-state index in [0.29, 0.717) is 0 Å². The van der Waals surface area contributed by atoms with E-state index in [9.17, 15) is 0 Å². The molecule has 0 saturated heterocycles. The molecule has 2 nitrogen and oxygen atoms in total. The van der Waals surface area contributed by atoms with Gasteiger partial charge in [-0.1, -0.05) is 31.2 Å². The molecule has 0 aliphatic rings. The smallest absolute Gasteiger partial charge is 0.0205 e. The Labute approximate surface area is 99.5 Å². The molecule has 1 aromatic rings. The molecule has 0 bridgehead atoms. The maximum Gasteiger partial charge on any atom is 0.0205 e. The fourth-order valence-electron chi connectivity index (χ4n) is 1.68. The maximum atomic E-state index is 3.47. The summed E-state index contributed by atoms with van der Waals surface area (Å²) in [5.74, 6) is 0. The quantitative estimate of drug-likeness (QED) is 0.657. The van der Waals surface area contributed by atoms with Crippen LogP contribution in [-0.2, 0) is 13.0 Å².